The third kappa shape index (κ3) is 3.90. The summed E-state index contributed by atoms with van der Waals surface area (Å²) < 4.78 is 11.8. The van der Waals surface area contributed by atoms with Crippen LogP contribution in [0.2, 0.25) is 0 Å². The lowest BCUT2D eigenvalue weighted by Gasteiger charge is -2.26. The lowest BCUT2D eigenvalue weighted by atomic mass is 10.0. The van der Waals surface area contributed by atoms with E-state index >= 15 is 0 Å². The second-order valence-corrected chi connectivity index (χ2v) is 7.81. The highest BCUT2D eigenvalue weighted by Crippen LogP contribution is 2.42. The predicted octanol–water partition coefficient (Wildman–Crippen LogP) is 5.95. The Balaban J connectivity index is 1.45. The van der Waals surface area contributed by atoms with Crippen molar-refractivity contribution in [3.8, 4) is 11.5 Å². The molecule has 154 valence electrons. The molecular weight excluding hydrogens is 406 g/mol. The molecule has 0 spiro atoms. The first kappa shape index (κ1) is 19.3. The Labute approximate surface area is 186 Å². The number of furan rings is 1. The summed E-state index contributed by atoms with van der Waals surface area (Å²) in [4.78, 5) is 6.61. The van der Waals surface area contributed by atoms with Crippen LogP contribution in [-0.4, -0.2) is 10.1 Å². The van der Waals surface area contributed by atoms with Crippen molar-refractivity contribution in [1.29, 1.82) is 0 Å². The van der Waals surface area contributed by atoms with Crippen molar-refractivity contribution in [3.63, 3.8) is 0 Å². The summed E-state index contributed by atoms with van der Waals surface area (Å²) in [6, 6.07) is 25.4. The molecule has 1 fully saturated rings. The van der Waals surface area contributed by atoms with Crippen LogP contribution < -0.4 is 15.0 Å². The number of aryl methyl sites for hydroxylation is 1. The molecule has 1 aliphatic heterocycles. The molecule has 0 unspecified atom stereocenters. The standard InChI is InChI=1S/C25H21N3O2S/c1-17-7-11-19(12-8-17)30-20-13-9-18(10-14-20)28-24(22-6-4-16-29-22)23(27-25(28)31)21-5-2-3-15-26-21/h2-16,23-24H,1H3,(H,27,31)/t23-,24+/m0/s1. The van der Waals surface area contributed by atoms with Crippen molar-refractivity contribution in [2.45, 2.75) is 19.0 Å². The second-order valence-electron chi connectivity index (χ2n) is 7.42. The molecule has 3 heterocycles. The molecule has 5 nitrogen and oxygen atoms in total. The Morgan fingerprint density at radius 2 is 1.68 bits per heavy atom. The van der Waals surface area contributed by atoms with Gasteiger partial charge >= 0.3 is 0 Å². The van der Waals surface area contributed by atoms with E-state index in [4.69, 9.17) is 21.4 Å². The molecule has 5 rings (SSSR count). The van der Waals surface area contributed by atoms with Crippen molar-refractivity contribution in [2.75, 3.05) is 4.90 Å². The number of benzene rings is 2. The van der Waals surface area contributed by atoms with Crippen LogP contribution in [0.1, 0.15) is 29.1 Å². The molecule has 2 aromatic heterocycles. The van der Waals surface area contributed by atoms with Crippen LogP contribution in [0.3, 0.4) is 0 Å². The summed E-state index contributed by atoms with van der Waals surface area (Å²) in [5.41, 5.74) is 3.06. The average Bonchev–Trinajstić information content (AvgIpc) is 3.44. The number of ether oxygens (including phenoxy) is 1. The summed E-state index contributed by atoms with van der Waals surface area (Å²) in [5.74, 6) is 2.39. The molecule has 31 heavy (non-hydrogen) atoms. The van der Waals surface area contributed by atoms with Gasteiger partial charge in [-0.2, -0.15) is 0 Å². The number of rotatable bonds is 5. The lowest BCUT2D eigenvalue weighted by Crippen LogP contribution is -2.29. The van der Waals surface area contributed by atoms with Crippen LogP contribution in [0, 0.1) is 6.92 Å². The summed E-state index contributed by atoms with van der Waals surface area (Å²) in [6.45, 7) is 2.05. The zero-order chi connectivity index (χ0) is 21.2. The molecule has 4 aromatic rings. The van der Waals surface area contributed by atoms with Gasteiger partial charge in [-0.15, -0.1) is 0 Å². The zero-order valence-corrected chi connectivity index (χ0v) is 17.8. The summed E-state index contributed by atoms with van der Waals surface area (Å²) in [5, 5.41) is 4.05. The molecule has 1 saturated heterocycles. The molecule has 2 atom stereocenters. The van der Waals surface area contributed by atoms with Crippen LogP contribution in [0.25, 0.3) is 0 Å². The summed E-state index contributed by atoms with van der Waals surface area (Å²) in [7, 11) is 0. The molecule has 0 radical (unpaired) electrons. The van der Waals surface area contributed by atoms with E-state index in [1.54, 1.807) is 12.5 Å². The van der Waals surface area contributed by atoms with E-state index in [1.165, 1.54) is 5.56 Å². The highest BCUT2D eigenvalue weighted by molar-refractivity contribution is 7.80. The quantitative estimate of drug-likeness (QED) is 0.397. The molecular formula is C25H21N3O2S. The Kier molecular flexibility index (Phi) is 5.14. The number of hydrogen-bond donors (Lipinski definition) is 1. The number of aromatic nitrogens is 1. The van der Waals surface area contributed by atoms with Crippen molar-refractivity contribution >= 4 is 23.0 Å². The topological polar surface area (TPSA) is 50.5 Å². The van der Waals surface area contributed by atoms with Gasteiger partial charge in [-0.1, -0.05) is 23.8 Å². The molecule has 0 aliphatic carbocycles. The van der Waals surface area contributed by atoms with Gasteiger partial charge in [-0.25, -0.2) is 0 Å². The zero-order valence-electron chi connectivity index (χ0n) is 16.9. The molecule has 1 N–H and O–H groups in total. The average molecular weight is 428 g/mol. The van der Waals surface area contributed by atoms with Gasteiger partial charge in [0.15, 0.2) is 5.11 Å². The van der Waals surface area contributed by atoms with Gasteiger partial charge in [0.2, 0.25) is 0 Å². The third-order valence-electron chi connectivity index (χ3n) is 5.30. The SMILES string of the molecule is Cc1ccc(Oc2ccc(N3C(=S)N[C@@H](c4ccccn4)[C@H]3c3ccco3)cc2)cc1. The highest BCUT2D eigenvalue weighted by atomic mass is 32.1. The predicted molar refractivity (Wildman–Crippen MR) is 124 cm³/mol. The summed E-state index contributed by atoms with van der Waals surface area (Å²) >= 11 is 5.71. The Morgan fingerprint density at radius 1 is 0.935 bits per heavy atom. The van der Waals surface area contributed by atoms with Crippen LogP contribution in [0.15, 0.2) is 95.7 Å². The van der Waals surface area contributed by atoms with Gasteiger partial charge in [-0.05, 0) is 79.8 Å². The summed E-state index contributed by atoms with van der Waals surface area (Å²) in [6.07, 6.45) is 3.47. The van der Waals surface area contributed by atoms with Gasteiger partial charge in [0, 0.05) is 11.9 Å². The van der Waals surface area contributed by atoms with Crippen molar-refractivity contribution in [1.82, 2.24) is 10.3 Å². The first-order valence-electron chi connectivity index (χ1n) is 10.1. The number of pyridine rings is 1. The molecule has 0 bridgehead atoms. The van der Waals surface area contributed by atoms with Gasteiger partial charge in [0.1, 0.15) is 23.3 Å². The third-order valence-corrected chi connectivity index (χ3v) is 5.62. The lowest BCUT2D eigenvalue weighted by molar-refractivity contribution is 0.432. The smallest absolute Gasteiger partial charge is 0.174 e. The number of anilines is 1. The molecule has 0 saturated carbocycles. The Bertz CT molecular complexity index is 1160. The van der Waals surface area contributed by atoms with E-state index in [0.29, 0.717) is 5.11 Å². The van der Waals surface area contributed by atoms with E-state index in [-0.39, 0.29) is 12.1 Å². The van der Waals surface area contributed by atoms with E-state index in [9.17, 15) is 0 Å². The van der Waals surface area contributed by atoms with Gasteiger partial charge < -0.3 is 19.4 Å². The normalized spacial score (nSPS) is 18.1. The van der Waals surface area contributed by atoms with Crippen LogP contribution in [0.5, 0.6) is 11.5 Å². The van der Waals surface area contributed by atoms with Crippen molar-refractivity contribution in [3.05, 3.63) is 108 Å². The monoisotopic (exact) mass is 427 g/mol. The van der Waals surface area contributed by atoms with Crippen LogP contribution >= 0.6 is 12.2 Å². The van der Waals surface area contributed by atoms with Crippen LogP contribution in [-0.2, 0) is 0 Å². The minimum absolute atomic E-state index is 0.122. The van der Waals surface area contributed by atoms with Gasteiger partial charge in [-0.3, -0.25) is 4.98 Å². The largest absolute Gasteiger partial charge is 0.467 e. The Hall–Kier alpha value is -3.64. The van der Waals surface area contributed by atoms with E-state index in [2.05, 4.69) is 22.1 Å². The molecule has 6 heteroatoms. The van der Waals surface area contributed by atoms with Crippen molar-refractivity contribution < 1.29 is 9.15 Å². The first-order chi connectivity index (χ1) is 15.2. The maximum atomic E-state index is 5.97. The second kappa shape index (κ2) is 8.24. The van der Waals surface area contributed by atoms with Crippen LogP contribution in [0.4, 0.5) is 5.69 Å². The number of nitrogens with one attached hydrogen (secondary N) is 1. The first-order valence-corrected chi connectivity index (χ1v) is 10.5. The molecule has 0 amide bonds. The minimum atomic E-state index is -0.152. The van der Waals surface area contributed by atoms with E-state index in [0.717, 1.165) is 28.6 Å². The fourth-order valence-corrected chi connectivity index (χ4v) is 4.14. The fraction of sp³-hybridized carbons (Fsp3) is 0.120. The maximum Gasteiger partial charge on any atom is 0.174 e. The number of thiocarbonyl (C=S) groups is 1. The minimum Gasteiger partial charge on any atom is -0.467 e. The van der Waals surface area contributed by atoms with Gasteiger partial charge in [0.05, 0.1) is 18.0 Å². The van der Waals surface area contributed by atoms with E-state index < -0.39 is 0 Å². The fourth-order valence-electron chi connectivity index (χ4n) is 3.80. The Morgan fingerprint density at radius 3 is 2.32 bits per heavy atom. The highest BCUT2D eigenvalue weighted by Gasteiger charge is 2.42. The molecule has 1 aliphatic rings. The number of nitrogens with zero attached hydrogens (tertiary/aromatic N) is 2. The van der Waals surface area contributed by atoms with E-state index in [1.807, 2.05) is 78.9 Å². The maximum absolute atomic E-state index is 5.97. The van der Waals surface area contributed by atoms with Crippen molar-refractivity contribution in [2.24, 2.45) is 0 Å². The number of hydrogen-bond acceptors (Lipinski definition) is 4. The molecule has 2 aromatic carbocycles. The van der Waals surface area contributed by atoms with Gasteiger partial charge in [0.25, 0.3) is 0 Å².